The van der Waals surface area contributed by atoms with Crippen LogP contribution in [0.5, 0.6) is 5.75 Å². The van der Waals surface area contributed by atoms with Crippen molar-refractivity contribution in [2.24, 2.45) is 0 Å². The molecule has 1 aliphatic rings. The maximum Gasteiger partial charge on any atom is 0.123 e. The molecular weight excluding hydrogens is 221 g/mol. The Morgan fingerprint density at radius 1 is 1.41 bits per heavy atom. The lowest BCUT2D eigenvalue weighted by atomic mass is 10.3. The number of nitrogens with one attached hydrogen (secondary N) is 1. The van der Waals surface area contributed by atoms with Gasteiger partial charge in [-0.3, -0.25) is 0 Å². The summed E-state index contributed by atoms with van der Waals surface area (Å²) < 4.78 is 18.0. The van der Waals surface area contributed by atoms with Crippen LogP contribution in [-0.4, -0.2) is 29.9 Å². The molecule has 17 heavy (non-hydrogen) atoms. The number of rotatable bonds is 6. The number of benzene rings is 1. The summed E-state index contributed by atoms with van der Waals surface area (Å²) in [7, 11) is 0. The molecule has 0 bridgehead atoms. The lowest BCUT2D eigenvalue weighted by Gasteiger charge is -2.16. The van der Waals surface area contributed by atoms with Crippen LogP contribution in [0, 0.1) is 5.82 Å². The van der Waals surface area contributed by atoms with Crippen LogP contribution in [0.2, 0.25) is 0 Å². The highest BCUT2D eigenvalue weighted by Crippen LogP contribution is 2.33. The molecule has 0 radical (unpaired) electrons. The van der Waals surface area contributed by atoms with Crippen molar-refractivity contribution in [1.82, 2.24) is 5.32 Å². The zero-order valence-electron chi connectivity index (χ0n) is 9.95. The van der Waals surface area contributed by atoms with Gasteiger partial charge in [0.25, 0.3) is 0 Å². The average molecular weight is 239 g/mol. The molecule has 0 aliphatic heterocycles. The molecule has 1 aromatic rings. The Morgan fingerprint density at radius 2 is 2.06 bits per heavy atom. The SMILES string of the molecule is CC1(NCC(O)COc2ccc(F)cc2)CC1. The minimum absolute atomic E-state index is 0.217. The topological polar surface area (TPSA) is 41.5 Å². The van der Waals surface area contributed by atoms with E-state index in [0.717, 1.165) is 0 Å². The molecule has 2 N–H and O–H groups in total. The summed E-state index contributed by atoms with van der Waals surface area (Å²) in [6.45, 7) is 2.88. The second kappa shape index (κ2) is 5.02. The number of hydrogen-bond donors (Lipinski definition) is 2. The van der Waals surface area contributed by atoms with Crippen LogP contribution < -0.4 is 10.1 Å². The predicted molar refractivity (Wildman–Crippen MR) is 63.5 cm³/mol. The van der Waals surface area contributed by atoms with Crippen LogP contribution in [0.25, 0.3) is 0 Å². The Balaban J connectivity index is 1.68. The first-order valence-corrected chi connectivity index (χ1v) is 5.89. The van der Waals surface area contributed by atoms with Gasteiger partial charge in [-0.2, -0.15) is 0 Å². The molecule has 94 valence electrons. The van der Waals surface area contributed by atoms with Gasteiger partial charge in [-0.25, -0.2) is 4.39 Å². The number of hydrogen-bond acceptors (Lipinski definition) is 3. The zero-order valence-corrected chi connectivity index (χ0v) is 9.95. The van der Waals surface area contributed by atoms with Gasteiger partial charge in [0.2, 0.25) is 0 Å². The van der Waals surface area contributed by atoms with E-state index in [4.69, 9.17) is 4.74 Å². The summed E-state index contributed by atoms with van der Waals surface area (Å²) in [5.74, 6) is 0.282. The minimum atomic E-state index is -0.544. The first kappa shape index (κ1) is 12.3. The molecule has 1 aliphatic carbocycles. The van der Waals surface area contributed by atoms with Gasteiger partial charge in [-0.1, -0.05) is 0 Å². The molecule has 0 aromatic heterocycles. The summed E-state index contributed by atoms with van der Waals surface area (Å²) in [5, 5.41) is 13.0. The van der Waals surface area contributed by atoms with Gasteiger partial charge < -0.3 is 15.2 Å². The van der Waals surface area contributed by atoms with Gasteiger partial charge in [0.15, 0.2) is 0 Å². The number of aliphatic hydroxyl groups excluding tert-OH is 1. The van der Waals surface area contributed by atoms with Crippen molar-refractivity contribution in [2.75, 3.05) is 13.2 Å². The fourth-order valence-corrected chi connectivity index (χ4v) is 1.51. The molecule has 1 unspecified atom stereocenters. The van der Waals surface area contributed by atoms with Crippen molar-refractivity contribution in [3.63, 3.8) is 0 Å². The first-order valence-electron chi connectivity index (χ1n) is 5.89. The fraction of sp³-hybridized carbons (Fsp3) is 0.538. The van der Waals surface area contributed by atoms with E-state index in [1.807, 2.05) is 0 Å². The molecule has 1 aromatic carbocycles. The van der Waals surface area contributed by atoms with Crippen LogP contribution >= 0.6 is 0 Å². The maximum absolute atomic E-state index is 12.6. The summed E-state index contributed by atoms with van der Waals surface area (Å²) in [6.07, 6.45) is 1.79. The largest absolute Gasteiger partial charge is 0.491 e. The molecule has 4 heteroatoms. The summed E-state index contributed by atoms with van der Waals surface area (Å²) >= 11 is 0. The maximum atomic E-state index is 12.6. The number of β-amino-alcohol motifs (C(OH)–C–C–N with tert-alkyl or cyclic N) is 1. The highest BCUT2D eigenvalue weighted by molar-refractivity contribution is 5.22. The van der Waals surface area contributed by atoms with E-state index in [-0.39, 0.29) is 18.0 Å². The number of ether oxygens (including phenoxy) is 1. The van der Waals surface area contributed by atoms with E-state index < -0.39 is 6.10 Å². The molecule has 2 rings (SSSR count). The van der Waals surface area contributed by atoms with Crippen LogP contribution in [0.3, 0.4) is 0 Å². The molecular formula is C13H18FNO2. The summed E-state index contributed by atoms with van der Waals surface area (Å²) in [5.41, 5.74) is 0.219. The molecule has 1 saturated carbocycles. The van der Waals surface area contributed by atoms with E-state index in [2.05, 4.69) is 12.2 Å². The normalized spacial score (nSPS) is 18.8. The fourth-order valence-electron chi connectivity index (χ4n) is 1.51. The molecule has 1 fully saturated rings. The highest BCUT2D eigenvalue weighted by atomic mass is 19.1. The Morgan fingerprint density at radius 3 is 2.65 bits per heavy atom. The zero-order chi connectivity index (χ0) is 12.3. The van der Waals surface area contributed by atoms with Gasteiger partial charge in [-0.15, -0.1) is 0 Å². The van der Waals surface area contributed by atoms with E-state index in [1.54, 1.807) is 12.1 Å². The van der Waals surface area contributed by atoms with Crippen molar-refractivity contribution in [3.8, 4) is 5.75 Å². The van der Waals surface area contributed by atoms with Crippen LogP contribution in [0.4, 0.5) is 4.39 Å². The third-order valence-corrected chi connectivity index (χ3v) is 3.02. The van der Waals surface area contributed by atoms with Crippen molar-refractivity contribution < 1.29 is 14.2 Å². The molecule has 0 heterocycles. The quantitative estimate of drug-likeness (QED) is 0.794. The lowest BCUT2D eigenvalue weighted by molar-refractivity contribution is 0.103. The van der Waals surface area contributed by atoms with Gasteiger partial charge in [-0.05, 0) is 44.0 Å². The van der Waals surface area contributed by atoms with Crippen molar-refractivity contribution in [2.45, 2.75) is 31.4 Å². The van der Waals surface area contributed by atoms with Crippen LogP contribution in [-0.2, 0) is 0 Å². The summed E-state index contributed by atoms with van der Waals surface area (Å²) in [6, 6.07) is 5.78. The van der Waals surface area contributed by atoms with Crippen molar-refractivity contribution >= 4 is 0 Å². The van der Waals surface area contributed by atoms with E-state index in [9.17, 15) is 9.50 Å². The Kier molecular flexibility index (Phi) is 3.64. The number of halogens is 1. The van der Waals surface area contributed by atoms with Gasteiger partial charge in [0, 0.05) is 12.1 Å². The molecule has 1 atom stereocenters. The van der Waals surface area contributed by atoms with Gasteiger partial charge in [0.05, 0.1) is 0 Å². The predicted octanol–water partition coefficient (Wildman–Crippen LogP) is 1.71. The van der Waals surface area contributed by atoms with Crippen molar-refractivity contribution in [1.29, 1.82) is 0 Å². The highest BCUT2D eigenvalue weighted by Gasteiger charge is 2.36. The summed E-state index contributed by atoms with van der Waals surface area (Å²) in [4.78, 5) is 0. The van der Waals surface area contributed by atoms with Gasteiger partial charge >= 0.3 is 0 Å². The smallest absolute Gasteiger partial charge is 0.123 e. The van der Waals surface area contributed by atoms with Crippen LogP contribution in [0.1, 0.15) is 19.8 Å². The second-order valence-electron chi connectivity index (χ2n) is 4.86. The first-order chi connectivity index (χ1) is 8.07. The molecule has 0 amide bonds. The molecule has 3 nitrogen and oxygen atoms in total. The Bertz CT molecular complexity index is 362. The van der Waals surface area contributed by atoms with E-state index >= 15 is 0 Å². The van der Waals surface area contributed by atoms with E-state index in [1.165, 1.54) is 25.0 Å². The Labute approximate surface area is 101 Å². The van der Waals surface area contributed by atoms with Crippen molar-refractivity contribution in [3.05, 3.63) is 30.1 Å². The third-order valence-electron chi connectivity index (χ3n) is 3.02. The average Bonchev–Trinajstić information content (AvgIpc) is 3.05. The van der Waals surface area contributed by atoms with Crippen LogP contribution in [0.15, 0.2) is 24.3 Å². The molecule has 0 spiro atoms. The van der Waals surface area contributed by atoms with E-state index in [0.29, 0.717) is 12.3 Å². The number of aliphatic hydroxyl groups is 1. The van der Waals surface area contributed by atoms with Gasteiger partial charge in [0.1, 0.15) is 24.3 Å². The third kappa shape index (κ3) is 3.98. The lowest BCUT2D eigenvalue weighted by Crippen LogP contribution is -2.37. The Hall–Kier alpha value is -1.13. The monoisotopic (exact) mass is 239 g/mol. The minimum Gasteiger partial charge on any atom is -0.491 e. The standard InChI is InChI=1S/C13H18FNO2/c1-13(6-7-13)15-8-11(16)9-17-12-4-2-10(14)3-5-12/h2-5,11,15-16H,6-9H2,1H3. The second-order valence-corrected chi connectivity index (χ2v) is 4.86. The molecule has 0 saturated heterocycles.